The van der Waals surface area contributed by atoms with Crippen molar-refractivity contribution in [2.24, 2.45) is 0 Å². The van der Waals surface area contributed by atoms with Gasteiger partial charge in [0.15, 0.2) is 0 Å². The molecule has 15 heteroatoms. The van der Waals surface area contributed by atoms with Gasteiger partial charge in [0.05, 0.1) is 57.7 Å². The van der Waals surface area contributed by atoms with Crippen LogP contribution in [0.4, 0.5) is 5.69 Å². The summed E-state index contributed by atoms with van der Waals surface area (Å²) in [5.74, 6) is -0.278. The number of likely N-dealkylation sites (tertiary alicyclic amines) is 1. The zero-order chi connectivity index (χ0) is 37.3. The minimum absolute atomic E-state index is 0.0419. The molecule has 2 aliphatic rings. The molecule has 1 saturated carbocycles. The molecule has 3 N–H and O–H groups in total. The van der Waals surface area contributed by atoms with Crippen LogP contribution < -0.4 is 16.2 Å². The third kappa shape index (κ3) is 8.24. The molecule has 53 heavy (non-hydrogen) atoms. The second-order valence-electron chi connectivity index (χ2n) is 14.3. The quantitative estimate of drug-likeness (QED) is 0.173. The van der Waals surface area contributed by atoms with E-state index < -0.39 is 5.60 Å². The number of fused-ring (bicyclic) bond motifs is 2. The van der Waals surface area contributed by atoms with Gasteiger partial charge in [-0.15, -0.1) is 0 Å². The third-order valence-corrected chi connectivity index (χ3v) is 10.2. The van der Waals surface area contributed by atoms with Gasteiger partial charge >= 0.3 is 0 Å². The van der Waals surface area contributed by atoms with Crippen molar-refractivity contribution in [3.8, 4) is 0 Å². The first-order valence-corrected chi connectivity index (χ1v) is 18.2. The number of aromatic nitrogens is 5. The van der Waals surface area contributed by atoms with Crippen molar-refractivity contribution >= 4 is 56.8 Å². The van der Waals surface area contributed by atoms with Gasteiger partial charge < -0.3 is 25.5 Å². The van der Waals surface area contributed by atoms with Crippen LogP contribution in [-0.4, -0.2) is 103 Å². The van der Waals surface area contributed by atoms with Gasteiger partial charge in [0.2, 0.25) is 5.91 Å². The number of aliphatic hydroxyl groups is 1. The number of piperidine rings is 1. The van der Waals surface area contributed by atoms with Gasteiger partial charge in [-0.05, 0) is 76.2 Å². The van der Waals surface area contributed by atoms with Crippen molar-refractivity contribution in [3.63, 3.8) is 0 Å². The molecular weight excluding hydrogens is 698 g/mol. The fraction of sp³-hybridized carbons (Fsp3) is 0.395. The normalized spacial score (nSPS) is 15.6. The molecule has 276 valence electrons. The van der Waals surface area contributed by atoms with Gasteiger partial charge in [0.1, 0.15) is 0 Å². The highest BCUT2D eigenvalue weighted by molar-refractivity contribution is 6.35. The minimum Gasteiger partial charge on any atom is -0.388 e. The van der Waals surface area contributed by atoms with Crippen molar-refractivity contribution < 1.29 is 19.5 Å². The summed E-state index contributed by atoms with van der Waals surface area (Å²) in [6, 6.07) is 11.9. The monoisotopic (exact) mass is 739 g/mol. The molecule has 1 aliphatic heterocycles. The highest BCUT2D eigenvalue weighted by Gasteiger charge is 2.38. The van der Waals surface area contributed by atoms with Crippen molar-refractivity contribution in [1.82, 2.24) is 39.4 Å². The summed E-state index contributed by atoms with van der Waals surface area (Å²) in [4.78, 5) is 64.7. The van der Waals surface area contributed by atoms with Crippen LogP contribution in [0.2, 0.25) is 5.02 Å². The molecule has 2 aromatic carbocycles. The molecule has 3 aromatic heterocycles. The first-order chi connectivity index (χ1) is 25.5. The summed E-state index contributed by atoms with van der Waals surface area (Å²) in [6.07, 6.45) is 7.64. The zero-order valence-electron chi connectivity index (χ0n) is 29.7. The predicted octanol–water partition coefficient (Wildman–Crippen LogP) is 3.66. The molecule has 2 fully saturated rings. The Balaban J connectivity index is 0.950. The smallest absolute Gasteiger partial charge is 0.261 e. The Morgan fingerprint density at radius 3 is 2.53 bits per heavy atom. The Kier molecular flexibility index (Phi) is 10.3. The van der Waals surface area contributed by atoms with Crippen LogP contribution in [0.25, 0.3) is 21.8 Å². The van der Waals surface area contributed by atoms with Crippen LogP contribution in [0.15, 0.2) is 66.0 Å². The van der Waals surface area contributed by atoms with Crippen molar-refractivity contribution in [3.05, 3.63) is 93.4 Å². The van der Waals surface area contributed by atoms with Gasteiger partial charge in [-0.3, -0.25) is 33.4 Å². The maximum absolute atomic E-state index is 13.8. The molecule has 5 aromatic rings. The van der Waals surface area contributed by atoms with E-state index in [1.165, 1.54) is 10.9 Å². The number of hydrogen-bond acceptors (Lipinski definition) is 9. The number of anilines is 1. The number of hydrogen-bond donors (Lipinski definition) is 3. The van der Waals surface area contributed by atoms with E-state index in [-0.39, 0.29) is 48.6 Å². The fourth-order valence-corrected chi connectivity index (χ4v) is 6.90. The van der Waals surface area contributed by atoms with E-state index >= 15 is 0 Å². The lowest BCUT2D eigenvalue weighted by Crippen LogP contribution is -2.49. The van der Waals surface area contributed by atoms with E-state index in [2.05, 4.69) is 20.6 Å². The van der Waals surface area contributed by atoms with Crippen molar-refractivity contribution in [2.75, 3.05) is 45.6 Å². The molecule has 0 spiro atoms. The number of benzene rings is 2. The molecule has 1 saturated heterocycles. The van der Waals surface area contributed by atoms with Gasteiger partial charge in [-0.2, -0.15) is 5.10 Å². The molecule has 4 heterocycles. The Morgan fingerprint density at radius 1 is 1.02 bits per heavy atom. The Hall–Kier alpha value is -5.18. The SMILES string of the molecule is CN(C)CCC(=O)Nc1ccc2c(=O)n(CC3(O)CCN(C(=O)c4cn(CCNC(=O)c5ccc6c(Cl)ccnc6c5)nc4C4CC4)CC3)cnc2c1. The Bertz CT molecular complexity index is 2260. The summed E-state index contributed by atoms with van der Waals surface area (Å²) in [5, 5.41) is 23.8. The molecule has 3 amide bonds. The van der Waals surface area contributed by atoms with Gasteiger partial charge in [-0.1, -0.05) is 17.7 Å². The van der Waals surface area contributed by atoms with E-state index in [0.29, 0.717) is 77.4 Å². The fourth-order valence-electron chi connectivity index (χ4n) is 6.68. The lowest BCUT2D eigenvalue weighted by molar-refractivity contribution is -0.116. The summed E-state index contributed by atoms with van der Waals surface area (Å²) in [6.45, 7) is 2.00. The van der Waals surface area contributed by atoms with E-state index in [1.54, 1.807) is 64.4 Å². The number of carbonyl (C=O) groups is 3. The molecule has 0 unspecified atom stereocenters. The van der Waals surface area contributed by atoms with E-state index in [9.17, 15) is 24.3 Å². The highest BCUT2D eigenvalue weighted by Crippen LogP contribution is 2.41. The number of carbonyl (C=O) groups excluding carboxylic acids is 3. The largest absolute Gasteiger partial charge is 0.388 e. The van der Waals surface area contributed by atoms with E-state index in [0.717, 1.165) is 23.9 Å². The predicted molar refractivity (Wildman–Crippen MR) is 201 cm³/mol. The van der Waals surface area contributed by atoms with Crippen LogP contribution in [-0.2, 0) is 17.9 Å². The van der Waals surface area contributed by atoms with Crippen molar-refractivity contribution in [2.45, 2.75) is 56.7 Å². The molecule has 1 aliphatic carbocycles. The Morgan fingerprint density at radius 2 is 1.77 bits per heavy atom. The molecule has 0 bridgehead atoms. The third-order valence-electron chi connectivity index (χ3n) is 9.90. The maximum Gasteiger partial charge on any atom is 0.261 e. The highest BCUT2D eigenvalue weighted by atomic mass is 35.5. The number of nitrogens with zero attached hydrogens (tertiary/aromatic N) is 7. The van der Waals surface area contributed by atoms with Gasteiger partial charge in [0.25, 0.3) is 17.4 Å². The average molecular weight is 740 g/mol. The molecule has 7 rings (SSSR count). The van der Waals surface area contributed by atoms with E-state index in [4.69, 9.17) is 16.7 Å². The second-order valence-corrected chi connectivity index (χ2v) is 14.7. The Labute approximate surface area is 310 Å². The zero-order valence-corrected chi connectivity index (χ0v) is 30.5. The second kappa shape index (κ2) is 15.0. The average Bonchev–Trinajstić information content (AvgIpc) is 3.90. The number of pyridine rings is 1. The van der Waals surface area contributed by atoms with Crippen LogP contribution in [0.5, 0.6) is 0 Å². The maximum atomic E-state index is 13.8. The number of rotatable bonds is 12. The summed E-state index contributed by atoms with van der Waals surface area (Å²) in [5.41, 5.74) is 1.95. The summed E-state index contributed by atoms with van der Waals surface area (Å²) >= 11 is 6.23. The molecule has 0 radical (unpaired) electrons. The van der Waals surface area contributed by atoms with Gasteiger partial charge in [-0.25, -0.2) is 4.98 Å². The molecule has 14 nitrogen and oxygen atoms in total. The standard InChI is InChI=1S/C38H42ClN9O5/c1-45(2)15-10-33(49)43-26-6-8-28-32(20-26)42-23-47(36(28)51)22-38(53)11-16-46(17-12-38)37(52)29-21-48(44-34(29)24-3-4-24)18-14-41-35(50)25-5-7-27-30(39)9-13-40-31(27)19-25/h5-9,13,19-21,23-24,53H,3-4,10-12,14-18,22H2,1-2H3,(H,41,50)(H,43,49). The number of nitrogens with one attached hydrogen (secondary N) is 2. The number of amides is 3. The van der Waals surface area contributed by atoms with Crippen LogP contribution in [0.1, 0.15) is 64.4 Å². The molecular formula is C38H42ClN9O5. The summed E-state index contributed by atoms with van der Waals surface area (Å²) in [7, 11) is 3.80. The topological polar surface area (TPSA) is 168 Å². The van der Waals surface area contributed by atoms with Crippen molar-refractivity contribution in [1.29, 1.82) is 0 Å². The minimum atomic E-state index is -1.20. The first-order valence-electron chi connectivity index (χ1n) is 17.8. The van der Waals surface area contributed by atoms with Crippen LogP contribution >= 0.6 is 11.6 Å². The van der Waals surface area contributed by atoms with Gasteiger partial charge in [0, 0.05) is 67.5 Å². The van der Waals surface area contributed by atoms with Crippen LogP contribution in [0, 0.1) is 0 Å². The lowest BCUT2D eigenvalue weighted by Gasteiger charge is -2.38. The summed E-state index contributed by atoms with van der Waals surface area (Å²) < 4.78 is 3.13. The number of halogens is 1. The van der Waals surface area contributed by atoms with Crippen LogP contribution in [0.3, 0.4) is 0 Å². The lowest BCUT2D eigenvalue weighted by atomic mass is 9.90. The first kappa shape index (κ1) is 36.2. The van der Waals surface area contributed by atoms with E-state index in [1.807, 2.05) is 19.0 Å². The molecule has 0 atom stereocenters.